The van der Waals surface area contributed by atoms with Crippen LogP contribution in [0.2, 0.25) is 0 Å². The van der Waals surface area contributed by atoms with Crippen LogP contribution in [0.15, 0.2) is 26.4 Å². The van der Waals surface area contributed by atoms with E-state index in [2.05, 4.69) is 35.5 Å². The Kier molecular flexibility index (Phi) is 11.3. The Morgan fingerprint density at radius 3 is 2.13 bits per heavy atom. The molecule has 0 bridgehead atoms. The highest BCUT2D eigenvalue weighted by molar-refractivity contribution is 5.98. The van der Waals surface area contributed by atoms with Gasteiger partial charge in [-0.15, -0.1) is 0 Å². The monoisotopic (exact) mass is 210 g/mol. The lowest BCUT2D eigenvalue weighted by Gasteiger charge is -2.01. The zero-order valence-electron chi connectivity index (χ0n) is 10.4. The molecule has 0 aromatic rings. The SMILES string of the molecule is C=N/C(C)=C(/N=CC)C(N)=NC.CCC. The van der Waals surface area contributed by atoms with E-state index >= 15 is 0 Å². The van der Waals surface area contributed by atoms with Gasteiger partial charge >= 0.3 is 0 Å². The van der Waals surface area contributed by atoms with Crippen LogP contribution in [-0.4, -0.2) is 25.8 Å². The second kappa shape index (κ2) is 10.6. The number of amidine groups is 1. The normalized spacial score (nSPS) is 13.0. The van der Waals surface area contributed by atoms with E-state index in [1.807, 2.05) is 0 Å². The predicted octanol–water partition coefficient (Wildman–Crippen LogP) is 2.41. The Labute approximate surface area is 92.7 Å². The number of nitrogens with two attached hydrogens (primary N) is 1. The molecule has 4 nitrogen and oxygen atoms in total. The first kappa shape index (κ1) is 16.0. The smallest absolute Gasteiger partial charge is 0.146 e. The molecule has 0 spiro atoms. The lowest BCUT2D eigenvalue weighted by atomic mass is 10.3. The van der Waals surface area contributed by atoms with Gasteiger partial charge in [0.15, 0.2) is 0 Å². The molecular weight excluding hydrogens is 188 g/mol. The summed E-state index contributed by atoms with van der Waals surface area (Å²) in [4.78, 5) is 11.6. The molecule has 0 atom stereocenters. The van der Waals surface area contributed by atoms with E-state index in [0.717, 1.165) is 0 Å². The summed E-state index contributed by atoms with van der Waals surface area (Å²) in [5.41, 5.74) is 6.83. The molecule has 0 radical (unpaired) electrons. The second-order valence-electron chi connectivity index (χ2n) is 2.80. The van der Waals surface area contributed by atoms with Crippen molar-refractivity contribution in [3.63, 3.8) is 0 Å². The van der Waals surface area contributed by atoms with Gasteiger partial charge in [0.1, 0.15) is 11.5 Å². The molecule has 0 heterocycles. The van der Waals surface area contributed by atoms with Gasteiger partial charge in [0.05, 0.1) is 5.70 Å². The average Bonchev–Trinajstić information content (AvgIpc) is 2.25. The van der Waals surface area contributed by atoms with Crippen LogP contribution in [-0.2, 0) is 0 Å². The minimum Gasteiger partial charge on any atom is -0.382 e. The maximum absolute atomic E-state index is 5.57. The van der Waals surface area contributed by atoms with Gasteiger partial charge in [-0.05, 0) is 20.6 Å². The summed E-state index contributed by atoms with van der Waals surface area (Å²) in [6.07, 6.45) is 2.89. The maximum Gasteiger partial charge on any atom is 0.146 e. The van der Waals surface area contributed by atoms with Crippen molar-refractivity contribution in [2.24, 2.45) is 20.7 Å². The molecule has 0 saturated carbocycles. The number of hydrogen-bond acceptors (Lipinski definition) is 3. The molecule has 0 aromatic carbocycles. The van der Waals surface area contributed by atoms with Gasteiger partial charge in [0, 0.05) is 13.3 Å². The van der Waals surface area contributed by atoms with Gasteiger partial charge in [-0.25, -0.2) is 0 Å². The lowest BCUT2D eigenvalue weighted by molar-refractivity contribution is 1.09. The maximum atomic E-state index is 5.57. The number of rotatable bonds is 3. The molecule has 15 heavy (non-hydrogen) atoms. The number of nitrogens with zero attached hydrogens (tertiary/aromatic N) is 3. The van der Waals surface area contributed by atoms with E-state index in [9.17, 15) is 0 Å². The Bertz CT molecular complexity index is 262. The first-order chi connectivity index (χ1) is 7.08. The molecule has 0 aromatic heterocycles. The van der Waals surface area contributed by atoms with Crippen LogP contribution < -0.4 is 5.73 Å². The predicted molar refractivity (Wildman–Crippen MR) is 69.9 cm³/mol. The number of hydrogen-bond donors (Lipinski definition) is 1. The summed E-state index contributed by atoms with van der Waals surface area (Å²) in [5, 5.41) is 0. The van der Waals surface area contributed by atoms with Crippen LogP contribution in [0.1, 0.15) is 34.1 Å². The molecule has 0 saturated heterocycles. The summed E-state index contributed by atoms with van der Waals surface area (Å²) in [6.45, 7) is 11.2. The first-order valence-corrected chi connectivity index (χ1v) is 4.97. The number of aliphatic imine (C=N–C) groups is 3. The third-order valence-corrected chi connectivity index (χ3v) is 1.32. The molecule has 0 fully saturated rings. The van der Waals surface area contributed by atoms with Crippen LogP contribution in [0, 0.1) is 0 Å². The molecule has 0 rings (SSSR count). The van der Waals surface area contributed by atoms with Gasteiger partial charge in [0.2, 0.25) is 0 Å². The van der Waals surface area contributed by atoms with E-state index in [4.69, 9.17) is 5.73 Å². The zero-order chi connectivity index (χ0) is 12.3. The summed E-state index contributed by atoms with van der Waals surface area (Å²) in [6, 6.07) is 0. The Morgan fingerprint density at radius 2 is 1.87 bits per heavy atom. The second-order valence-corrected chi connectivity index (χ2v) is 2.80. The van der Waals surface area contributed by atoms with Crippen molar-refractivity contribution in [1.29, 1.82) is 0 Å². The van der Waals surface area contributed by atoms with E-state index in [1.165, 1.54) is 6.42 Å². The van der Waals surface area contributed by atoms with Gasteiger partial charge in [-0.1, -0.05) is 20.3 Å². The van der Waals surface area contributed by atoms with Crippen LogP contribution in [0.25, 0.3) is 0 Å². The topological polar surface area (TPSA) is 63.1 Å². The van der Waals surface area contributed by atoms with Gasteiger partial charge in [-0.2, -0.15) is 0 Å². The largest absolute Gasteiger partial charge is 0.382 e. The molecular formula is C11H22N4. The van der Waals surface area contributed by atoms with E-state index in [1.54, 1.807) is 27.1 Å². The van der Waals surface area contributed by atoms with Crippen molar-refractivity contribution in [3.8, 4) is 0 Å². The van der Waals surface area contributed by atoms with Gasteiger partial charge in [-0.3, -0.25) is 15.0 Å². The van der Waals surface area contributed by atoms with Gasteiger partial charge in [0.25, 0.3) is 0 Å². The third kappa shape index (κ3) is 7.61. The minimum atomic E-state index is 0.373. The molecule has 0 aliphatic rings. The molecule has 0 unspecified atom stereocenters. The molecule has 0 amide bonds. The fraction of sp³-hybridized carbons (Fsp3) is 0.545. The highest BCUT2D eigenvalue weighted by atomic mass is 14.9. The van der Waals surface area contributed by atoms with Crippen molar-refractivity contribution in [1.82, 2.24) is 0 Å². The standard InChI is InChI=1S/C8H14N4.C3H8/c1-5-12-7(6(2)10-3)8(9)11-4;1-3-2/h5H,3H2,1-2,4H3,(H2,9,11);3H2,1-2H3/b7-6+,12-5?;. The highest BCUT2D eigenvalue weighted by Gasteiger charge is 2.02. The van der Waals surface area contributed by atoms with E-state index in [0.29, 0.717) is 17.2 Å². The summed E-state index contributed by atoms with van der Waals surface area (Å²) in [7, 11) is 1.61. The van der Waals surface area contributed by atoms with Crippen molar-refractivity contribution in [3.05, 3.63) is 11.4 Å². The van der Waals surface area contributed by atoms with Crippen LogP contribution in [0.3, 0.4) is 0 Å². The van der Waals surface area contributed by atoms with Crippen molar-refractivity contribution in [2.75, 3.05) is 7.05 Å². The summed E-state index contributed by atoms with van der Waals surface area (Å²) < 4.78 is 0. The number of allylic oxidation sites excluding steroid dienone is 1. The molecule has 86 valence electrons. The van der Waals surface area contributed by atoms with Crippen LogP contribution >= 0.6 is 0 Å². The van der Waals surface area contributed by atoms with E-state index in [-0.39, 0.29) is 0 Å². The van der Waals surface area contributed by atoms with E-state index < -0.39 is 0 Å². The fourth-order valence-electron chi connectivity index (χ4n) is 0.655. The Morgan fingerprint density at radius 1 is 1.40 bits per heavy atom. The van der Waals surface area contributed by atoms with Crippen molar-refractivity contribution in [2.45, 2.75) is 34.1 Å². The molecule has 0 aliphatic carbocycles. The molecule has 4 heteroatoms. The van der Waals surface area contributed by atoms with Crippen molar-refractivity contribution < 1.29 is 0 Å². The summed E-state index contributed by atoms with van der Waals surface area (Å²) in [5.74, 6) is 0.373. The highest BCUT2D eigenvalue weighted by Crippen LogP contribution is 2.05. The van der Waals surface area contributed by atoms with Crippen LogP contribution in [0.5, 0.6) is 0 Å². The quantitative estimate of drug-likeness (QED) is 0.564. The summed E-state index contributed by atoms with van der Waals surface area (Å²) >= 11 is 0. The fourth-order valence-corrected chi connectivity index (χ4v) is 0.655. The first-order valence-electron chi connectivity index (χ1n) is 4.97. The van der Waals surface area contributed by atoms with Gasteiger partial charge < -0.3 is 5.73 Å². The third-order valence-electron chi connectivity index (χ3n) is 1.32. The molecule has 0 aliphatic heterocycles. The van der Waals surface area contributed by atoms with Crippen molar-refractivity contribution >= 4 is 18.8 Å². The average molecular weight is 210 g/mol. The Hall–Kier alpha value is -1.45. The zero-order valence-corrected chi connectivity index (χ0v) is 10.4. The minimum absolute atomic E-state index is 0.373. The lowest BCUT2D eigenvalue weighted by Crippen LogP contribution is -2.14. The molecule has 2 N–H and O–H groups in total. The Balaban J connectivity index is 0. The van der Waals surface area contributed by atoms with Crippen LogP contribution in [0.4, 0.5) is 0 Å².